The molecule has 1 aromatic rings. The first-order chi connectivity index (χ1) is 10.2. The summed E-state index contributed by atoms with van der Waals surface area (Å²) in [4.78, 5) is 23.0. The summed E-state index contributed by atoms with van der Waals surface area (Å²) in [5.41, 5.74) is 1.09. The van der Waals surface area contributed by atoms with E-state index in [9.17, 15) is 9.59 Å². The number of benzene rings is 1. The molecule has 0 aromatic heterocycles. The van der Waals surface area contributed by atoms with Gasteiger partial charge in [-0.1, -0.05) is 25.1 Å². The quantitative estimate of drug-likeness (QED) is 0.709. The molecule has 1 saturated carbocycles. The Morgan fingerprint density at radius 1 is 1.19 bits per heavy atom. The fourth-order valence-corrected chi connectivity index (χ4v) is 2.01. The van der Waals surface area contributed by atoms with Gasteiger partial charge in [0, 0.05) is 19.0 Å². The second kappa shape index (κ2) is 7.67. The van der Waals surface area contributed by atoms with Crippen molar-refractivity contribution in [2.75, 3.05) is 19.7 Å². The monoisotopic (exact) mass is 290 g/mol. The van der Waals surface area contributed by atoms with Gasteiger partial charge in [-0.15, -0.1) is 0 Å². The highest BCUT2D eigenvalue weighted by Crippen LogP contribution is 2.28. The standard InChI is InChI=1S/C16H22N2O3/c1-2-12-5-3-4-6-14(12)21-11-15(19)17-9-10-18-16(20)13-7-8-13/h3-6,13H,2,7-11H2,1H3,(H,17,19)(H,18,20). The van der Waals surface area contributed by atoms with E-state index in [2.05, 4.69) is 10.6 Å². The zero-order valence-electron chi connectivity index (χ0n) is 12.4. The van der Waals surface area contributed by atoms with Crippen LogP contribution in [0.2, 0.25) is 0 Å². The number of nitrogens with one attached hydrogen (secondary N) is 2. The number of para-hydroxylation sites is 1. The number of carbonyl (C=O) groups is 2. The molecule has 0 aliphatic heterocycles. The van der Waals surface area contributed by atoms with Gasteiger partial charge in [0.15, 0.2) is 6.61 Å². The number of hydrogen-bond acceptors (Lipinski definition) is 3. The Balaban J connectivity index is 1.61. The molecule has 2 amide bonds. The fraction of sp³-hybridized carbons (Fsp3) is 0.500. The highest BCUT2D eigenvalue weighted by atomic mass is 16.5. The van der Waals surface area contributed by atoms with Gasteiger partial charge in [0.05, 0.1) is 0 Å². The van der Waals surface area contributed by atoms with E-state index in [-0.39, 0.29) is 24.3 Å². The molecule has 1 aliphatic carbocycles. The number of ether oxygens (including phenoxy) is 1. The van der Waals surface area contributed by atoms with Crippen molar-refractivity contribution in [2.24, 2.45) is 5.92 Å². The molecule has 0 heterocycles. The molecule has 5 nitrogen and oxygen atoms in total. The third kappa shape index (κ3) is 5.10. The predicted octanol–water partition coefficient (Wildman–Crippen LogP) is 1.27. The Morgan fingerprint density at radius 3 is 2.62 bits per heavy atom. The van der Waals surface area contributed by atoms with Crippen LogP contribution in [0.3, 0.4) is 0 Å². The molecule has 21 heavy (non-hydrogen) atoms. The molecule has 2 rings (SSSR count). The predicted molar refractivity (Wildman–Crippen MR) is 80.1 cm³/mol. The van der Waals surface area contributed by atoms with E-state index in [0.29, 0.717) is 13.1 Å². The lowest BCUT2D eigenvalue weighted by Gasteiger charge is -2.10. The van der Waals surface area contributed by atoms with Crippen LogP contribution in [0.25, 0.3) is 0 Å². The lowest BCUT2D eigenvalue weighted by Crippen LogP contribution is -2.37. The van der Waals surface area contributed by atoms with Gasteiger partial charge >= 0.3 is 0 Å². The van der Waals surface area contributed by atoms with Crippen LogP contribution in [-0.2, 0) is 16.0 Å². The molecule has 5 heteroatoms. The van der Waals surface area contributed by atoms with Crippen LogP contribution in [0.15, 0.2) is 24.3 Å². The molecule has 1 aliphatic rings. The van der Waals surface area contributed by atoms with Crippen LogP contribution >= 0.6 is 0 Å². The second-order valence-electron chi connectivity index (χ2n) is 5.17. The Morgan fingerprint density at radius 2 is 1.90 bits per heavy atom. The molecule has 0 spiro atoms. The van der Waals surface area contributed by atoms with Crippen molar-refractivity contribution in [1.82, 2.24) is 10.6 Å². The van der Waals surface area contributed by atoms with Crippen molar-refractivity contribution < 1.29 is 14.3 Å². The summed E-state index contributed by atoms with van der Waals surface area (Å²) in [6.45, 7) is 2.93. The largest absolute Gasteiger partial charge is 0.483 e. The summed E-state index contributed by atoms with van der Waals surface area (Å²) in [6.07, 6.45) is 2.84. The van der Waals surface area contributed by atoms with Crippen molar-refractivity contribution >= 4 is 11.8 Å². The fourth-order valence-electron chi connectivity index (χ4n) is 2.01. The van der Waals surface area contributed by atoms with Crippen LogP contribution in [0.5, 0.6) is 5.75 Å². The topological polar surface area (TPSA) is 67.4 Å². The average molecular weight is 290 g/mol. The van der Waals surface area contributed by atoms with E-state index in [1.165, 1.54) is 0 Å². The molecular formula is C16H22N2O3. The first-order valence-electron chi connectivity index (χ1n) is 7.45. The molecular weight excluding hydrogens is 268 g/mol. The van der Waals surface area contributed by atoms with Gasteiger partial charge in [-0.2, -0.15) is 0 Å². The zero-order chi connectivity index (χ0) is 15.1. The molecule has 2 N–H and O–H groups in total. The van der Waals surface area contributed by atoms with Crippen molar-refractivity contribution in [2.45, 2.75) is 26.2 Å². The van der Waals surface area contributed by atoms with Crippen molar-refractivity contribution in [3.05, 3.63) is 29.8 Å². The third-order valence-corrected chi connectivity index (χ3v) is 3.41. The Labute approximate surface area is 125 Å². The first-order valence-corrected chi connectivity index (χ1v) is 7.45. The molecule has 114 valence electrons. The summed E-state index contributed by atoms with van der Waals surface area (Å²) in [5, 5.41) is 5.52. The minimum absolute atomic E-state index is 0.00636. The SMILES string of the molecule is CCc1ccccc1OCC(=O)NCCNC(=O)C1CC1. The number of amides is 2. The summed E-state index contributed by atoms with van der Waals surface area (Å²) in [7, 11) is 0. The minimum atomic E-state index is -0.179. The first kappa shape index (κ1) is 15.4. The highest BCUT2D eigenvalue weighted by molar-refractivity contribution is 5.81. The number of rotatable bonds is 8. The Hall–Kier alpha value is -2.04. The normalized spacial score (nSPS) is 13.6. The molecule has 0 bridgehead atoms. The van der Waals surface area contributed by atoms with E-state index >= 15 is 0 Å². The van der Waals surface area contributed by atoms with E-state index < -0.39 is 0 Å². The van der Waals surface area contributed by atoms with Crippen molar-refractivity contribution in [3.8, 4) is 5.75 Å². The smallest absolute Gasteiger partial charge is 0.258 e. The molecule has 1 fully saturated rings. The summed E-state index contributed by atoms with van der Waals surface area (Å²) >= 11 is 0. The van der Waals surface area contributed by atoms with Gasteiger partial charge in [0.1, 0.15) is 5.75 Å². The zero-order valence-corrected chi connectivity index (χ0v) is 12.4. The summed E-state index contributed by atoms with van der Waals surface area (Å²) in [6, 6.07) is 7.69. The molecule has 0 atom stereocenters. The highest BCUT2D eigenvalue weighted by Gasteiger charge is 2.28. The molecule has 1 aromatic carbocycles. The molecule has 0 saturated heterocycles. The lowest BCUT2D eigenvalue weighted by molar-refractivity contribution is -0.124. The van der Waals surface area contributed by atoms with Gasteiger partial charge in [0.25, 0.3) is 5.91 Å². The van der Waals surface area contributed by atoms with E-state index in [1.807, 2.05) is 31.2 Å². The lowest BCUT2D eigenvalue weighted by atomic mass is 10.1. The van der Waals surface area contributed by atoms with E-state index in [0.717, 1.165) is 30.6 Å². The van der Waals surface area contributed by atoms with E-state index in [1.54, 1.807) is 0 Å². The maximum Gasteiger partial charge on any atom is 0.258 e. The van der Waals surface area contributed by atoms with Crippen LogP contribution in [-0.4, -0.2) is 31.5 Å². The van der Waals surface area contributed by atoms with Crippen molar-refractivity contribution in [1.29, 1.82) is 0 Å². The molecule has 0 radical (unpaired) electrons. The number of hydrogen-bond donors (Lipinski definition) is 2. The van der Waals surface area contributed by atoms with Gasteiger partial charge in [0.2, 0.25) is 5.91 Å². The minimum Gasteiger partial charge on any atom is -0.483 e. The summed E-state index contributed by atoms with van der Waals surface area (Å²) < 4.78 is 5.52. The van der Waals surface area contributed by atoms with Crippen LogP contribution in [0, 0.1) is 5.92 Å². The van der Waals surface area contributed by atoms with Crippen LogP contribution in [0.4, 0.5) is 0 Å². The van der Waals surface area contributed by atoms with Gasteiger partial charge in [-0.05, 0) is 30.9 Å². The number of carbonyl (C=O) groups excluding carboxylic acids is 2. The van der Waals surface area contributed by atoms with Crippen LogP contribution < -0.4 is 15.4 Å². The van der Waals surface area contributed by atoms with Gasteiger partial charge in [-0.3, -0.25) is 9.59 Å². The Bertz CT molecular complexity index is 498. The van der Waals surface area contributed by atoms with E-state index in [4.69, 9.17) is 4.74 Å². The second-order valence-corrected chi connectivity index (χ2v) is 5.17. The van der Waals surface area contributed by atoms with Gasteiger partial charge < -0.3 is 15.4 Å². The van der Waals surface area contributed by atoms with Gasteiger partial charge in [-0.25, -0.2) is 0 Å². The van der Waals surface area contributed by atoms with Crippen LogP contribution in [0.1, 0.15) is 25.3 Å². The van der Waals surface area contributed by atoms with Crippen molar-refractivity contribution in [3.63, 3.8) is 0 Å². The Kier molecular flexibility index (Phi) is 5.60. The average Bonchev–Trinajstić information content (AvgIpc) is 3.34. The number of aryl methyl sites for hydroxylation is 1. The third-order valence-electron chi connectivity index (χ3n) is 3.41. The maximum atomic E-state index is 11.7. The summed E-state index contributed by atoms with van der Waals surface area (Å²) in [5.74, 6) is 0.866. The molecule has 0 unspecified atom stereocenters. The maximum absolute atomic E-state index is 11.7.